The van der Waals surface area contributed by atoms with E-state index in [1.807, 2.05) is 22.6 Å². The van der Waals surface area contributed by atoms with Crippen molar-refractivity contribution >= 4 is 32.1 Å². The SMILES string of the molecule is N=C(I)c1cncnc1N. The van der Waals surface area contributed by atoms with E-state index >= 15 is 0 Å². The molecule has 0 spiro atoms. The maximum Gasteiger partial charge on any atom is 0.136 e. The normalized spacial score (nSPS) is 9.30. The van der Waals surface area contributed by atoms with Crippen molar-refractivity contribution < 1.29 is 0 Å². The average molecular weight is 248 g/mol. The first-order valence-electron chi connectivity index (χ1n) is 2.51. The van der Waals surface area contributed by atoms with Gasteiger partial charge in [0, 0.05) is 6.20 Å². The third-order valence-electron chi connectivity index (χ3n) is 0.980. The summed E-state index contributed by atoms with van der Waals surface area (Å²) in [5, 5.41) is 7.20. The van der Waals surface area contributed by atoms with Crippen LogP contribution in [-0.2, 0) is 0 Å². The fourth-order valence-corrected chi connectivity index (χ4v) is 0.924. The number of anilines is 1. The molecule has 0 unspecified atom stereocenters. The van der Waals surface area contributed by atoms with Gasteiger partial charge in [0.15, 0.2) is 0 Å². The number of aromatic nitrogens is 2. The minimum absolute atomic E-state index is 0.356. The Morgan fingerprint density at radius 2 is 2.40 bits per heavy atom. The van der Waals surface area contributed by atoms with Gasteiger partial charge in [0.1, 0.15) is 15.9 Å². The van der Waals surface area contributed by atoms with Crippen molar-refractivity contribution in [3.05, 3.63) is 18.1 Å². The number of nitrogens with two attached hydrogens (primary N) is 1. The summed E-state index contributed by atoms with van der Waals surface area (Å²) in [6.45, 7) is 0. The fraction of sp³-hybridized carbons (Fsp3) is 0. The van der Waals surface area contributed by atoms with E-state index in [9.17, 15) is 0 Å². The van der Waals surface area contributed by atoms with Crippen LogP contribution in [-0.4, -0.2) is 13.7 Å². The van der Waals surface area contributed by atoms with E-state index in [1.165, 1.54) is 12.5 Å². The van der Waals surface area contributed by atoms with Gasteiger partial charge in [-0.3, -0.25) is 5.41 Å². The van der Waals surface area contributed by atoms with E-state index < -0.39 is 0 Å². The van der Waals surface area contributed by atoms with Crippen molar-refractivity contribution in [2.45, 2.75) is 0 Å². The van der Waals surface area contributed by atoms with Crippen molar-refractivity contribution in [1.29, 1.82) is 5.41 Å². The van der Waals surface area contributed by atoms with Crippen molar-refractivity contribution in [3.63, 3.8) is 0 Å². The lowest BCUT2D eigenvalue weighted by atomic mass is 10.3. The summed E-state index contributed by atoms with van der Waals surface area (Å²) in [4.78, 5) is 7.45. The number of nitrogens with one attached hydrogen (secondary N) is 1. The molecule has 3 N–H and O–H groups in total. The molecular weight excluding hydrogens is 243 g/mol. The topological polar surface area (TPSA) is 75.7 Å². The average Bonchev–Trinajstić information content (AvgIpc) is 1.88. The number of rotatable bonds is 1. The number of nitrogen functional groups attached to an aromatic ring is 1. The zero-order valence-electron chi connectivity index (χ0n) is 5.00. The van der Waals surface area contributed by atoms with Crippen LogP contribution in [0.1, 0.15) is 5.56 Å². The number of hydrogen-bond acceptors (Lipinski definition) is 4. The van der Waals surface area contributed by atoms with Crippen molar-refractivity contribution in [3.8, 4) is 0 Å². The summed E-state index contributed by atoms with van der Waals surface area (Å²) in [7, 11) is 0. The summed E-state index contributed by atoms with van der Waals surface area (Å²) >= 11 is 1.86. The molecule has 0 aliphatic rings. The van der Waals surface area contributed by atoms with E-state index in [0.29, 0.717) is 15.1 Å². The van der Waals surface area contributed by atoms with Gasteiger partial charge >= 0.3 is 0 Å². The molecule has 0 saturated heterocycles. The van der Waals surface area contributed by atoms with Gasteiger partial charge in [0.05, 0.1) is 5.56 Å². The Morgan fingerprint density at radius 3 is 2.80 bits per heavy atom. The summed E-state index contributed by atoms with van der Waals surface area (Å²) < 4.78 is 0.357. The van der Waals surface area contributed by atoms with Crippen molar-refractivity contribution in [1.82, 2.24) is 9.97 Å². The van der Waals surface area contributed by atoms with Crippen LogP contribution < -0.4 is 5.73 Å². The van der Waals surface area contributed by atoms with Crippen LogP contribution in [0.3, 0.4) is 0 Å². The lowest BCUT2D eigenvalue weighted by Gasteiger charge is -1.96. The van der Waals surface area contributed by atoms with E-state index in [4.69, 9.17) is 11.1 Å². The first kappa shape index (κ1) is 7.39. The third-order valence-corrected chi connectivity index (χ3v) is 1.56. The monoisotopic (exact) mass is 248 g/mol. The highest BCUT2D eigenvalue weighted by Gasteiger charge is 2.01. The molecule has 0 atom stereocenters. The van der Waals surface area contributed by atoms with Gasteiger partial charge in [-0.2, -0.15) is 0 Å². The van der Waals surface area contributed by atoms with Crippen LogP contribution >= 0.6 is 22.6 Å². The molecule has 1 rings (SSSR count). The third kappa shape index (κ3) is 1.41. The van der Waals surface area contributed by atoms with Gasteiger partial charge in [-0.15, -0.1) is 0 Å². The molecule has 0 aromatic carbocycles. The van der Waals surface area contributed by atoms with Crippen LogP contribution in [0.4, 0.5) is 5.82 Å². The van der Waals surface area contributed by atoms with E-state index in [-0.39, 0.29) is 0 Å². The number of halogens is 1. The molecule has 0 bridgehead atoms. The quantitative estimate of drug-likeness (QED) is 0.570. The van der Waals surface area contributed by atoms with Crippen LogP contribution in [0.2, 0.25) is 0 Å². The molecule has 1 aromatic rings. The van der Waals surface area contributed by atoms with Gasteiger partial charge in [-0.1, -0.05) is 0 Å². The first-order valence-corrected chi connectivity index (χ1v) is 3.59. The Bertz CT molecular complexity index is 260. The van der Waals surface area contributed by atoms with Crippen molar-refractivity contribution in [2.75, 3.05) is 5.73 Å². The minimum atomic E-state index is 0.356. The number of nitrogens with zero attached hydrogens (tertiary/aromatic N) is 2. The minimum Gasteiger partial charge on any atom is -0.383 e. The maximum atomic E-state index is 7.20. The van der Waals surface area contributed by atoms with E-state index in [2.05, 4.69) is 9.97 Å². The zero-order chi connectivity index (χ0) is 7.56. The van der Waals surface area contributed by atoms with Gasteiger partial charge in [0.2, 0.25) is 0 Å². The summed E-state index contributed by atoms with van der Waals surface area (Å²) in [6.07, 6.45) is 2.88. The predicted molar refractivity (Wildman–Crippen MR) is 47.3 cm³/mol. The fourth-order valence-electron chi connectivity index (χ4n) is 0.508. The molecule has 0 fully saturated rings. The second-order valence-electron chi connectivity index (χ2n) is 1.64. The molecule has 0 aliphatic heterocycles. The Morgan fingerprint density at radius 1 is 1.70 bits per heavy atom. The molecule has 1 aromatic heterocycles. The predicted octanol–water partition coefficient (Wildman–Crippen LogP) is 0.819. The zero-order valence-corrected chi connectivity index (χ0v) is 7.16. The Hall–Kier alpha value is -0.720. The molecular formula is C5H5IN4. The summed E-state index contributed by atoms with van der Waals surface area (Å²) in [6, 6.07) is 0. The van der Waals surface area contributed by atoms with Gasteiger partial charge in [-0.05, 0) is 22.6 Å². The molecule has 0 aliphatic carbocycles. The standard InChI is InChI=1S/C5H5IN4/c6-4(7)3-1-9-2-10-5(3)8/h1-2,7H,(H2,8,9,10). The molecule has 1 heterocycles. The van der Waals surface area contributed by atoms with E-state index in [1.54, 1.807) is 0 Å². The van der Waals surface area contributed by atoms with Gasteiger partial charge in [0.25, 0.3) is 0 Å². The van der Waals surface area contributed by atoms with Crippen LogP contribution in [0.15, 0.2) is 12.5 Å². The number of hydrogen-bond donors (Lipinski definition) is 2. The molecule has 0 amide bonds. The van der Waals surface area contributed by atoms with Gasteiger partial charge in [-0.25, -0.2) is 9.97 Å². The van der Waals surface area contributed by atoms with Crippen LogP contribution in [0.25, 0.3) is 0 Å². The highest BCUT2D eigenvalue weighted by atomic mass is 127. The van der Waals surface area contributed by atoms with E-state index in [0.717, 1.165) is 0 Å². The highest BCUT2D eigenvalue weighted by Crippen LogP contribution is 2.09. The summed E-state index contributed by atoms with van der Waals surface area (Å²) in [5.74, 6) is 0.356. The second-order valence-corrected chi connectivity index (χ2v) is 2.71. The maximum absolute atomic E-state index is 7.20. The molecule has 0 saturated carbocycles. The second kappa shape index (κ2) is 2.91. The molecule has 5 heteroatoms. The largest absolute Gasteiger partial charge is 0.383 e. The highest BCUT2D eigenvalue weighted by molar-refractivity contribution is 14.1. The lowest BCUT2D eigenvalue weighted by molar-refractivity contribution is 1.17. The van der Waals surface area contributed by atoms with Crippen LogP contribution in [0, 0.1) is 5.41 Å². The Labute approximate surface area is 71.5 Å². The first-order chi connectivity index (χ1) is 4.72. The molecule has 10 heavy (non-hydrogen) atoms. The summed E-state index contributed by atoms with van der Waals surface area (Å²) in [5.41, 5.74) is 6.01. The smallest absolute Gasteiger partial charge is 0.136 e. The van der Waals surface area contributed by atoms with Crippen LogP contribution in [0.5, 0.6) is 0 Å². The Balaban J connectivity index is 3.15. The molecule has 52 valence electrons. The lowest BCUT2D eigenvalue weighted by Crippen LogP contribution is -2.00. The molecule has 4 nitrogen and oxygen atoms in total. The Kier molecular flexibility index (Phi) is 2.15. The van der Waals surface area contributed by atoms with Gasteiger partial charge < -0.3 is 5.73 Å². The molecule has 0 radical (unpaired) electrons. The van der Waals surface area contributed by atoms with Crippen molar-refractivity contribution in [2.24, 2.45) is 0 Å².